The maximum atomic E-state index is 12.4. The molecule has 2 N–H and O–H groups in total. The predicted octanol–water partition coefficient (Wildman–Crippen LogP) is 1.72. The number of rotatable bonds is 3. The van der Waals surface area contributed by atoms with Gasteiger partial charge in [0.05, 0.1) is 11.3 Å². The molecule has 0 amide bonds. The van der Waals surface area contributed by atoms with E-state index in [1.54, 1.807) is 0 Å². The Kier molecular flexibility index (Phi) is 3.48. The third kappa shape index (κ3) is 2.70. The van der Waals surface area contributed by atoms with E-state index in [2.05, 4.69) is 5.10 Å². The lowest BCUT2D eigenvalue weighted by Gasteiger charge is -2.07. The van der Waals surface area contributed by atoms with Crippen molar-refractivity contribution >= 4 is 0 Å². The van der Waals surface area contributed by atoms with E-state index >= 15 is 0 Å². The lowest BCUT2D eigenvalue weighted by Crippen LogP contribution is -2.18. The number of hydrogen-bond acceptors (Lipinski definition) is 2. The summed E-state index contributed by atoms with van der Waals surface area (Å²) in [5.41, 5.74) is -0.468. The Labute approximate surface area is 106 Å². The maximum Gasteiger partial charge on any atom is 0.416 e. The highest BCUT2D eigenvalue weighted by atomic mass is 19.4. The van der Waals surface area contributed by atoms with Gasteiger partial charge < -0.3 is 5.11 Å². The van der Waals surface area contributed by atoms with Crippen molar-refractivity contribution in [1.29, 1.82) is 0 Å². The van der Waals surface area contributed by atoms with Gasteiger partial charge in [0, 0.05) is 24.8 Å². The summed E-state index contributed by atoms with van der Waals surface area (Å²) in [5.74, 6) is 0. The Morgan fingerprint density at radius 2 is 1.84 bits per heavy atom. The van der Waals surface area contributed by atoms with Crippen molar-refractivity contribution in [2.45, 2.75) is 12.6 Å². The van der Waals surface area contributed by atoms with Crippen LogP contribution in [0.15, 0.2) is 35.3 Å². The molecule has 2 aromatic rings. The van der Waals surface area contributed by atoms with Crippen LogP contribution in [-0.2, 0) is 12.6 Å². The van der Waals surface area contributed by atoms with E-state index in [1.165, 1.54) is 18.3 Å². The Hall–Kier alpha value is -2.02. The van der Waals surface area contributed by atoms with Crippen LogP contribution in [0, 0.1) is 0 Å². The van der Waals surface area contributed by atoms with E-state index in [0.29, 0.717) is 11.3 Å². The number of hydrogen-bond donors (Lipinski definition) is 2. The molecule has 1 heterocycles. The second kappa shape index (κ2) is 4.93. The van der Waals surface area contributed by atoms with Crippen molar-refractivity contribution in [2.75, 3.05) is 6.61 Å². The lowest BCUT2D eigenvalue weighted by molar-refractivity contribution is -0.137. The summed E-state index contributed by atoms with van der Waals surface area (Å²) >= 11 is 0. The predicted molar refractivity (Wildman–Crippen MR) is 62.2 cm³/mol. The fourth-order valence-electron chi connectivity index (χ4n) is 1.70. The second-order valence-electron chi connectivity index (χ2n) is 3.96. The fourth-order valence-corrected chi connectivity index (χ4v) is 1.70. The molecule has 4 nitrogen and oxygen atoms in total. The number of aromatic nitrogens is 2. The van der Waals surface area contributed by atoms with Crippen LogP contribution in [0.25, 0.3) is 5.69 Å². The highest BCUT2D eigenvalue weighted by Crippen LogP contribution is 2.29. The SMILES string of the molecule is O=c1c(CCO)c[nH]n1-c1ccc(C(F)(F)F)cc1. The smallest absolute Gasteiger partial charge is 0.396 e. The lowest BCUT2D eigenvalue weighted by atomic mass is 10.2. The average molecular weight is 272 g/mol. The van der Waals surface area contributed by atoms with Crippen molar-refractivity contribution in [1.82, 2.24) is 9.78 Å². The normalized spacial score (nSPS) is 11.8. The van der Waals surface area contributed by atoms with Gasteiger partial charge in [-0.15, -0.1) is 0 Å². The van der Waals surface area contributed by atoms with Crippen LogP contribution in [-0.4, -0.2) is 21.5 Å². The zero-order valence-electron chi connectivity index (χ0n) is 9.74. The summed E-state index contributed by atoms with van der Waals surface area (Å²) in [7, 11) is 0. The van der Waals surface area contributed by atoms with Crippen LogP contribution in [0.2, 0.25) is 0 Å². The first-order valence-corrected chi connectivity index (χ1v) is 5.51. The van der Waals surface area contributed by atoms with Crippen molar-refractivity contribution < 1.29 is 18.3 Å². The number of nitrogens with one attached hydrogen (secondary N) is 1. The summed E-state index contributed by atoms with van der Waals surface area (Å²) in [5, 5.41) is 11.4. The number of aliphatic hydroxyl groups is 1. The van der Waals surface area contributed by atoms with Crippen molar-refractivity contribution in [2.24, 2.45) is 0 Å². The van der Waals surface area contributed by atoms with Crippen LogP contribution in [0.1, 0.15) is 11.1 Å². The van der Waals surface area contributed by atoms with Gasteiger partial charge >= 0.3 is 6.18 Å². The molecule has 102 valence electrons. The van der Waals surface area contributed by atoms with Gasteiger partial charge in [-0.05, 0) is 24.3 Å². The fraction of sp³-hybridized carbons (Fsp3) is 0.250. The van der Waals surface area contributed by atoms with Crippen LogP contribution >= 0.6 is 0 Å². The molecule has 2 rings (SSSR count). The number of halogens is 3. The first-order chi connectivity index (χ1) is 8.93. The Balaban J connectivity index is 2.35. The minimum Gasteiger partial charge on any atom is -0.396 e. The maximum absolute atomic E-state index is 12.4. The molecule has 0 aliphatic heterocycles. The highest BCUT2D eigenvalue weighted by molar-refractivity contribution is 5.35. The molecular weight excluding hydrogens is 261 g/mol. The van der Waals surface area contributed by atoms with Crippen LogP contribution in [0.5, 0.6) is 0 Å². The first-order valence-electron chi connectivity index (χ1n) is 5.51. The van der Waals surface area contributed by atoms with Crippen LogP contribution < -0.4 is 5.56 Å². The molecule has 0 bridgehead atoms. The van der Waals surface area contributed by atoms with Crippen molar-refractivity contribution in [3.8, 4) is 5.69 Å². The number of H-pyrrole nitrogens is 1. The van der Waals surface area contributed by atoms with Gasteiger partial charge in [0.2, 0.25) is 0 Å². The van der Waals surface area contributed by atoms with Gasteiger partial charge in [-0.3, -0.25) is 9.89 Å². The van der Waals surface area contributed by atoms with Crippen molar-refractivity contribution in [3.05, 3.63) is 51.9 Å². The first kappa shape index (κ1) is 13.4. The largest absolute Gasteiger partial charge is 0.416 e. The summed E-state index contributed by atoms with van der Waals surface area (Å²) in [6.45, 7) is -0.167. The Bertz CT molecular complexity index is 611. The molecule has 0 fully saturated rings. The molecule has 0 unspecified atom stereocenters. The molecule has 1 aromatic heterocycles. The topological polar surface area (TPSA) is 58.0 Å². The van der Waals surface area contributed by atoms with E-state index in [4.69, 9.17) is 5.11 Å². The minimum atomic E-state index is -4.40. The standard InChI is InChI=1S/C12H11F3N2O2/c13-12(14,15)9-1-3-10(4-2-9)17-11(19)8(5-6-18)7-16-17/h1-4,7,16,18H,5-6H2. The molecule has 0 aliphatic rings. The number of nitrogens with zero attached hydrogens (tertiary/aromatic N) is 1. The molecule has 1 aromatic carbocycles. The monoisotopic (exact) mass is 272 g/mol. The summed E-state index contributed by atoms with van der Waals surface area (Å²) in [4.78, 5) is 11.8. The molecule has 0 spiro atoms. The molecular formula is C12H11F3N2O2. The molecule has 0 radical (unpaired) electrons. The number of aromatic amines is 1. The minimum absolute atomic E-state index is 0.167. The summed E-state index contributed by atoms with van der Waals surface area (Å²) < 4.78 is 38.3. The van der Waals surface area contributed by atoms with E-state index in [-0.39, 0.29) is 18.6 Å². The van der Waals surface area contributed by atoms with Gasteiger partial charge in [0.25, 0.3) is 5.56 Å². The zero-order valence-corrected chi connectivity index (χ0v) is 9.74. The number of benzene rings is 1. The third-order valence-electron chi connectivity index (χ3n) is 2.68. The van der Waals surface area contributed by atoms with Crippen LogP contribution in [0.4, 0.5) is 13.2 Å². The summed E-state index contributed by atoms with van der Waals surface area (Å²) in [6.07, 6.45) is -2.78. The Morgan fingerprint density at radius 3 is 2.37 bits per heavy atom. The van der Waals surface area contributed by atoms with E-state index < -0.39 is 11.7 Å². The van der Waals surface area contributed by atoms with Gasteiger partial charge in [-0.1, -0.05) is 0 Å². The Morgan fingerprint density at radius 1 is 1.21 bits per heavy atom. The van der Waals surface area contributed by atoms with Crippen molar-refractivity contribution in [3.63, 3.8) is 0 Å². The number of alkyl halides is 3. The van der Waals surface area contributed by atoms with E-state index in [9.17, 15) is 18.0 Å². The molecule has 0 saturated carbocycles. The van der Waals surface area contributed by atoms with Crippen LogP contribution in [0.3, 0.4) is 0 Å². The highest BCUT2D eigenvalue weighted by Gasteiger charge is 2.30. The zero-order chi connectivity index (χ0) is 14.0. The van der Waals surface area contributed by atoms with Gasteiger partial charge in [-0.2, -0.15) is 13.2 Å². The quantitative estimate of drug-likeness (QED) is 0.893. The second-order valence-corrected chi connectivity index (χ2v) is 3.96. The number of aliphatic hydroxyl groups excluding tert-OH is 1. The van der Waals surface area contributed by atoms with Gasteiger partial charge in [-0.25, -0.2) is 4.68 Å². The molecule has 0 atom stereocenters. The molecule has 7 heteroatoms. The van der Waals surface area contributed by atoms with E-state index in [0.717, 1.165) is 16.8 Å². The summed E-state index contributed by atoms with van der Waals surface area (Å²) in [6, 6.07) is 4.25. The van der Waals surface area contributed by atoms with Gasteiger partial charge in [0.15, 0.2) is 0 Å². The molecule has 19 heavy (non-hydrogen) atoms. The average Bonchev–Trinajstić information content (AvgIpc) is 2.71. The van der Waals surface area contributed by atoms with Gasteiger partial charge in [0.1, 0.15) is 0 Å². The molecule has 0 aliphatic carbocycles. The van der Waals surface area contributed by atoms with E-state index in [1.807, 2.05) is 0 Å². The molecule has 0 saturated heterocycles. The third-order valence-corrected chi connectivity index (χ3v) is 2.68.